The van der Waals surface area contributed by atoms with Crippen molar-refractivity contribution in [2.24, 2.45) is 5.92 Å². The molecule has 9 aromatic rings. The molecular formula is C53H51N3OSi+2. The third-order valence-corrected chi connectivity index (χ3v) is 16.3. The first-order valence-electron chi connectivity index (χ1n) is 21.7. The Morgan fingerprint density at radius 1 is 0.793 bits per heavy atom. The molecule has 0 amide bonds. The predicted molar refractivity (Wildman–Crippen MR) is 240 cm³/mol. The second-order valence-corrected chi connectivity index (χ2v) is 24.1. The van der Waals surface area contributed by atoms with Crippen molar-refractivity contribution >= 4 is 62.7 Å². The Morgan fingerprint density at radius 3 is 2.36 bits per heavy atom. The highest BCUT2D eigenvalue weighted by Gasteiger charge is 2.57. The average Bonchev–Trinajstić information content (AvgIpc) is 3.95. The van der Waals surface area contributed by atoms with Gasteiger partial charge in [0.25, 0.3) is 5.65 Å². The first kappa shape index (κ1) is 34.5. The van der Waals surface area contributed by atoms with Gasteiger partial charge in [-0.3, -0.25) is 0 Å². The predicted octanol–water partition coefficient (Wildman–Crippen LogP) is 11.9. The molecule has 0 saturated heterocycles. The molecule has 2 atom stereocenters. The number of hydrogen-bond acceptors (Lipinski definition) is 1. The highest BCUT2D eigenvalue weighted by Crippen LogP contribution is 2.56. The lowest BCUT2D eigenvalue weighted by molar-refractivity contribution is -0.716. The van der Waals surface area contributed by atoms with Gasteiger partial charge >= 0.3 is 0 Å². The summed E-state index contributed by atoms with van der Waals surface area (Å²) in [5, 5.41) is 6.51. The van der Waals surface area contributed by atoms with Gasteiger partial charge in [-0.1, -0.05) is 138 Å². The maximum Gasteiger partial charge on any atom is 0.299 e. The van der Waals surface area contributed by atoms with E-state index < -0.39 is 8.07 Å². The molecule has 12 rings (SSSR count). The van der Waals surface area contributed by atoms with Gasteiger partial charge in [0.15, 0.2) is 22.8 Å². The number of benzene rings is 5. The van der Waals surface area contributed by atoms with Crippen LogP contribution in [0.3, 0.4) is 0 Å². The fourth-order valence-electron chi connectivity index (χ4n) is 11.5. The van der Waals surface area contributed by atoms with Gasteiger partial charge in [0.05, 0.1) is 19.2 Å². The summed E-state index contributed by atoms with van der Waals surface area (Å²) in [6.45, 7) is 13.1. The summed E-state index contributed by atoms with van der Waals surface area (Å²) in [5.41, 5.74) is 17.1. The van der Waals surface area contributed by atoms with Gasteiger partial charge in [-0.2, -0.15) is 8.97 Å². The maximum atomic E-state index is 7.01. The number of hydrogen-bond donors (Lipinski definition) is 0. The summed E-state index contributed by atoms with van der Waals surface area (Å²) < 4.78 is 15.0. The molecule has 2 aliphatic carbocycles. The number of pyridine rings is 2. The molecule has 2 unspecified atom stereocenters. The van der Waals surface area contributed by atoms with E-state index in [9.17, 15) is 0 Å². The smallest absolute Gasteiger partial charge is 0.299 e. The molecule has 0 bridgehead atoms. The largest absolute Gasteiger partial charge is 0.455 e. The van der Waals surface area contributed by atoms with E-state index >= 15 is 0 Å². The molecule has 0 spiro atoms. The van der Waals surface area contributed by atoms with Crippen LogP contribution in [0.4, 0.5) is 0 Å². The molecule has 4 aromatic heterocycles. The Hall–Kier alpha value is -5.52. The van der Waals surface area contributed by atoms with Crippen LogP contribution in [-0.4, -0.2) is 12.6 Å². The molecular weight excluding hydrogens is 723 g/mol. The Kier molecular flexibility index (Phi) is 7.43. The highest BCUT2D eigenvalue weighted by atomic mass is 28.3. The number of rotatable bonds is 6. The fraction of sp³-hybridized carbons (Fsp3) is 0.283. The first-order valence-corrected chi connectivity index (χ1v) is 25.2. The second-order valence-electron chi connectivity index (χ2n) is 19.0. The third kappa shape index (κ3) is 4.86. The van der Waals surface area contributed by atoms with Crippen molar-refractivity contribution in [1.82, 2.24) is 4.57 Å². The van der Waals surface area contributed by atoms with Crippen LogP contribution in [0.5, 0.6) is 0 Å². The van der Waals surface area contributed by atoms with Crippen molar-refractivity contribution in [1.29, 1.82) is 0 Å². The zero-order valence-electron chi connectivity index (χ0n) is 34.3. The van der Waals surface area contributed by atoms with Gasteiger partial charge in [-0.15, -0.1) is 0 Å². The molecule has 0 radical (unpaired) electrons. The SMILES string of the molecule is CC(C)c1ccc2c(c1)C1c3c(c4ccc5c6ccccc6oc5c4c4n(Cc5ccccc5)c5ccccc5[n+]34)C1[n+]1cc([Si](C)(C)C)c(CC3CCCC3)cc1-2. The van der Waals surface area contributed by atoms with Crippen LogP contribution in [0, 0.1) is 5.92 Å². The van der Waals surface area contributed by atoms with Crippen LogP contribution in [0.2, 0.25) is 19.6 Å². The monoisotopic (exact) mass is 773 g/mol. The highest BCUT2D eigenvalue weighted by molar-refractivity contribution is 6.89. The van der Waals surface area contributed by atoms with Crippen LogP contribution in [-0.2, 0) is 13.0 Å². The van der Waals surface area contributed by atoms with Gasteiger partial charge < -0.3 is 4.42 Å². The van der Waals surface area contributed by atoms with E-state index in [1.807, 2.05) is 0 Å². The molecule has 5 heteroatoms. The molecule has 5 aromatic carbocycles. The number of furan rings is 1. The fourth-order valence-corrected chi connectivity index (χ4v) is 13.1. The first-order chi connectivity index (χ1) is 28.2. The second kappa shape index (κ2) is 12.5. The van der Waals surface area contributed by atoms with Crippen molar-refractivity contribution in [3.8, 4) is 11.3 Å². The van der Waals surface area contributed by atoms with Crippen molar-refractivity contribution in [3.63, 3.8) is 0 Å². The molecule has 58 heavy (non-hydrogen) atoms. The van der Waals surface area contributed by atoms with Crippen LogP contribution < -0.4 is 14.2 Å². The Labute approximate surface area is 341 Å². The number of imidazole rings is 1. The zero-order valence-corrected chi connectivity index (χ0v) is 35.3. The minimum Gasteiger partial charge on any atom is -0.455 e. The van der Waals surface area contributed by atoms with Crippen molar-refractivity contribution in [2.75, 3.05) is 0 Å². The van der Waals surface area contributed by atoms with Crippen LogP contribution in [0.15, 0.2) is 126 Å². The lowest BCUT2D eigenvalue weighted by Crippen LogP contribution is -2.59. The van der Waals surface area contributed by atoms with Gasteiger partial charge in [-0.05, 0) is 70.8 Å². The number of aromatic nitrogens is 3. The molecule has 0 N–H and O–H groups in total. The van der Waals surface area contributed by atoms with Crippen molar-refractivity contribution in [2.45, 2.75) is 90.0 Å². The van der Waals surface area contributed by atoms with Crippen LogP contribution in [0.25, 0.3) is 60.6 Å². The summed E-state index contributed by atoms with van der Waals surface area (Å²) in [6, 6.07) is 43.7. The van der Waals surface area contributed by atoms with Crippen molar-refractivity contribution in [3.05, 3.63) is 155 Å². The standard InChI is InChI=1S/C53H51N3OSi/c1-32(2)35-23-24-37-41(28-35)48-50(54-31-46(58(3,4)5)36(29-44(37)54)27-33-15-9-10-16-33)47-40-26-25-39-38-19-11-14-22-45(38)57-52(39)49(40)53-55(30-34-17-7-6-8-18-34)42-20-12-13-21-43(42)56(53)51(47)48/h6-8,11-14,17-26,28-29,31-33,48,50H,9-10,15-16,27,30H2,1-5H3/q+2. The Morgan fingerprint density at radius 2 is 1.55 bits per heavy atom. The number of fused-ring (bicyclic) bond motifs is 20. The minimum absolute atomic E-state index is 0.174. The molecule has 4 nitrogen and oxygen atoms in total. The normalized spacial score (nSPS) is 17.7. The molecule has 1 aliphatic heterocycles. The van der Waals surface area contributed by atoms with Crippen molar-refractivity contribution < 1.29 is 13.4 Å². The number of para-hydroxylation sites is 3. The van der Waals surface area contributed by atoms with E-state index in [4.69, 9.17) is 4.42 Å². The number of nitrogens with zero attached hydrogens (tertiary/aromatic N) is 3. The van der Waals surface area contributed by atoms with Crippen LogP contribution >= 0.6 is 0 Å². The summed E-state index contributed by atoms with van der Waals surface area (Å²) in [4.78, 5) is 0. The van der Waals surface area contributed by atoms with E-state index in [-0.39, 0.29) is 12.0 Å². The van der Waals surface area contributed by atoms with Gasteiger partial charge in [-0.25, -0.2) is 4.57 Å². The van der Waals surface area contributed by atoms with E-state index in [2.05, 4.69) is 168 Å². The van der Waals surface area contributed by atoms with Gasteiger partial charge in [0, 0.05) is 27.4 Å². The lowest BCUT2D eigenvalue weighted by Gasteiger charge is -2.40. The summed E-state index contributed by atoms with van der Waals surface area (Å²) >= 11 is 0. The van der Waals surface area contributed by atoms with E-state index in [1.165, 1.54) is 110 Å². The van der Waals surface area contributed by atoms with E-state index in [1.54, 1.807) is 10.8 Å². The van der Waals surface area contributed by atoms with Gasteiger partial charge in [0.1, 0.15) is 29.1 Å². The molecule has 5 heterocycles. The summed E-state index contributed by atoms with van der Waals surface area (Å²) in [6.07, 6.45) is 9.37. The van der Waals surface area contributed by atoms with Gasteiger partial charge in [0.2, 0.25) is 11.7 Å². The Bertz CT molecular complexity index is 3160. The lowest BCUT2D eigenvalue weighted by atomic mass is 9.66. The minimum atomic E-state index is -1.71. The van der Waals surface area contributed by atoms with Crippen LogP contribution in [0.1, 0.15) is 90.9 Å². The summed E-state index contributed by atoms with van der Waals surface area (Å²) in [7, 11) is -1.71. The Balaban J connectivity index is 1.24. The van der Waals surface area contributed by atoms with E-state index in [0.717, 1.165) is 23.6 Å². The third-order valence-electron chi connectivity index (χ3n) is 14.2. The maximum absolute atomic E-state index is 7.01. The topological polar surface area (TPSA) is 26.1 Å². The molecule has 3 aliphatic rings. The molecule has 1 fully saturated rings. The quantitative estimate of drug-likeness (QED) is 0.122. The zero-order chi connectivity index (χ0) is 39.0. The average molecular weight is 774 g/mol. The summed E-state index contributed by atoms with van der Waals surface area (Å²) in [5.74, 6) is 1.45. The molecule has 286 valence electrons. The molecule has 1 saturated carbocycles. The van der Waals surface area contributed by atoms with E-state index in [0.29, 0.717) is 5.92 Å².